The van der Waals surface area contributed by atoms with Crippen molar-refractivity contribution < 1.29 is 23.1 Å². The maximum absolute atomic E-state index is 13.9. The lowest BCUT2D eigenvalue weighted by molar-refractivity contribution is -0.159. The Kier molecular flexibility index (Phi) is 9.20. The minimum Gasteiger partial charge on any atom is -0.511 e. The summed E-state index contributed by atoms with van der Waals surface area (Å²) in [6.07, 6.45) is 0.626. The number of esters is 1. The molecule has 206 valence electrons. The normalized spacial score (nSPS) is 18.7. The number of aliphatic hydroxyl groups excluding tert-OH is 1. The number of benzene rings is 3. The van der Waals surface area contributed by atoms with Crippen LogP contribution in [0.15, 0.2) is 100 Å². The predicted octanol–water partition coefficient (Wildman–Crippen LogP) is 6.80. The van der Waals surface area contributed by atoms with Crippen molar-refractivity contribution in [2.75, 3.05) is 0 Å². The van der Waals surface area contributed by atoms with Crippen molar-refractivity contribution in [3.8, 4) is 0 Å². The van der Waals surface area contributed by atoms with Crippen LogP contribution in [0.2, 0.25) is 0 Å². The minimum absolute atomic E-state index is 0.0829. The van der Waals surface area contributed by atoms with Gasteiger partial charge in [0.1, 0.15) is 15.9 Å². The Morgan fingerprint density at radius 3 is 2.21 bits per heavy atom. The Hall–Kier alpha value is -3.07. The summed E-state index contributed by atoms with van der Waals surface area (Å²) in [5, 5.41) is 10.2. The van der Waals surface area contributed by atoms with Crippen LogP contribution in [0.3, 0.4) is 0 Å². The first-order valence-corrected chi connectivity index (χ1v) is 15.5. The number of carbonyl (C=O) groups is 1. The van der Waals surface area contributed by atoms with E-state index in [2.05, 4.69) is 18.6 Å². The van der Waals surface area contributed by atoms with Gasteiger partial charge >= 0.3 is 5.97 Å². The SMILES string of the molecule is CCCC(C1(c2ccccc2)CC(O)=C(Sc2ccccc2C(C)C)C(=O)O1)S(=O)(=O)NCc1ccccc1. The van der Waals surface area contributed by atoms with Crippen molar-refractivity contribution in [1.29, 1.82) is 0 Å². The van der Waals surface area contributed by atoms with E-state index in [9.17, 15) is 18.3 Å². The maximum Gasteiger partial charge on any atom is 0.349 e. The average molecular weight is 566 g/mol. The van der Waals surface area contributed by atoms with Gasteiger partial charge in [0, 0.05) is 11.4 Å². The molecule has 8 heteroatoms. The Morgan fingerprint density at radius 2 is 1.59 bits per heavy atom. The summed E-state index contributed by atoms with van der Waals surface area (Å²) in [6, 6.07) is 25.9. The smallest absolute Gasteiger partial charge is 0.349 e. The van der Waals surface area contributed by atoms with E-state index in [1.165, 1.54) is 0 Å². The van der Waals surface area contributed by atoms with Gasteiger partial charge in [-0.3, -0.25) is 0 Å². The van der Waals surface area contributed by atoms with Crippen LogP contribution < -0.4 is 4.72 Å². The molecule has 1 aliphatic rings. The van der Waals surface area contributed by atoms with Crippen molar-refractivity contribution in [2.45, 2.75) is 68.2 Å². The molecule has 0 radical (unpaired) electrons. The Balaban J connectivity index is 1.76. The highest BCUT2D eigenvalue weighted by molar-refractivity contribution is 8.04. The third-order valence-electron chi connectivity index (χ3n) is 6.93. The van der Waals surface area contributed by atoms with E-state index in [1.54, 1.807) is 24.3 Å². The largest absolute Gasteiger partial charge is 0.511 e. The summed E-state index contributed by atoms with van der Waals surface area (Å²) >= 11 is 1.16. The van der Waals surface area contributed by atoms with Crippen molar-refractivity contribution in [3.05, 3.63) is 112 Å². The lowest BCUT2D eigenvalue weighted by atomic mass is 9.83. The monoisotopic (exact) mass is 565 g/mol. The Bertz CT molecular complexity index is 1420. The first kappa shape index (κ1) is 28.9. The van der Waals surface area contributed by atoms with Crippen molar-refractivity contribution in [3.63, 3.8) is 0 Å². The molecule has 0 spiro atoms. The first-order chi connectivity index (χ1) is 18.7. The maximum atomic E-state index is 13.9. The van der Waals surface area contributed by atoms with Gasteiger partial charge in [0.15, 0.2) is 5.60 Å². The topological polar surface area (TPSA) is 92.7 Å². The number of aliphatic hydroxyl groups is 1. The third kappa shape index (κ3) is 6.40. The zero-order valence-electron chi connectivity index (χ0n) is 22.5. The highest BCUT2D eigenvalue weighted by atomic mass is 32.2. The Morgan fingerprint density at radius 1 is 0.974 bits per heavy atom. The summed E-state index contributed by atoms with van der Waals surface area (Å²) in [5.41, 5.74) is 0.797. The molecule has 0 amide bonds. The van der Waals surface area contributed by atoms with Crippen LogP contribution in [0, 0.1) is 0 Å². The second-order valence-corrected chi connectivity index (χ2v) is 13.0. The predicted molar refractivity (Wildman–Crippen MR) is 156 cm³/mol. The number of cyclic esters (lactones) is 1. The second kappa shape index (κ2) is 12.4. The zero-order valence-corrected chi connectivity index (χ0v) is 24.1. The molecular formula is C31H35NO5S2. The molecule has 2 N–H and O–H groups in total. The minimum atomic E-state index is -4.00. The van der Waals surface area contributed by atoms with Crippen molar-refractivity contribution in [1.82, 2.24) is 4.72 Å². The quantitative estimate of drug-likeness (QED) is 0.248. The fourth-order valence-corrected chi connectivity index (χ4v) is 7.97. The van der Waals surface area contributed by atoms with E-state index >= 15 is 0 Å². The molecule has 4 rings (SSSR count). The van der Waals surface area contributed by atoms with E-state index in [1.807, 2.05) is 67.6 Å². The van der Waals surface area contributed by atoms with Crippen LogP contribution in [0.4, 0.5) is 0 Å². The number of hydrogen-bond acceptors (Lipinski definition) is 6. The molecule has 3 aromatic rings. The number of rotatable bonds is 11. The Labute approximate surface area is 235 Å². The van der Waals surface area contributed by atoms with Gasteiger partial charge in [0.25, 0.3) is 0 Å². The first-order valence-electron chi connectivity index (χ1n) is 13.2. The molecule has 3 aromatic carbocycles. The fourth-order valence-electron chi connectivity index (χ4n) is 4.98. The fraction of sp³-hybridized carbons (Fsp3) is 0.323. The molecule has 2 atom stereocenters. The van der Waals surface area contributed by atoms with Crippen LogP contribution in [-0.2, 0) is 31.7 Å². The average Bonchev–Trinajstić information content (AvgIpc) is 2.93. The number of nitrogens with one attached hydrogen (secondary N) is 1. The number of carbonyl (C=O) groups excluding carboxylic acids is 1. The number of sulfonamides is 1. The van der Waals surface area contributed by atoms with E-state index in [4.69, 9.17) is 4.74 Å². The molecule has 1 heterocycles. The van der Waals surface area contributed by atoms with Crippen LogP contribution >= 0.6 is 11.8 Å². The summed E-state index contributed by atoms with van der Waals surface area (Å²) in [4.78, 5) is 14.5. The van der Waals surface area contributed by atoms with Gasteiger partial charge in [0.2, 0.25) is 10.0 Å². The summed E-state index contributed by atoms with van der Waals surface area (Å²) in [7, 11) is -4.00. The molecule has 39 heavy (non-hydrogen) atoms. The lowest BCUT2D eigenvalue weighted by Crippen LogP contribution is -2.53. The molecule has 6 nitrogen and oxygen atoms in total. The van der Waals surface area contributed by atoms with Gasteiger partial charge in [-0.2, -0.15) is 0 Å². The number of ether oxygens (including phenoxy) is 1. The second-order valence-electron chi connectivity index (χ2n) is 10.0. The number of hydrogen-bond donors (Lipinski definition) is 2. The van der Waals surface area contributed by atoms with E-state index in [-0.39, 0.29) is 36.0 Å². The highest BCUT2D eigenvalue weighted by Gasteiger charge is 2.54. The molecule has 0 saturated carbocycles. The van der Waals surface area contributed by atoms with Crippen LogP contribution in [0.5, 0.6) is 0 Å². The van der Waals surface area contributed by atoms with Crippen molar-refractivity contribution >= 4 is 27.8 Å². The van der Waals surface area contributed by atoms with Crippen molar-refractivity contribution in [2.24, 2.45) is 0 Å². The zero-order chi connectivity index (χ0) is 28.0. The van der Waals surface area contributed by atoms with Gasteiger partial charge in [-0.1, -0.05) is 118 Å². The molecular weight excluding hydrogens is 530 g/mol. The highest BCUT2D eigenvalue weighted by Crippen LogP contribution is 2.48. The standard InChI is InChI=1S/C31H35NO5S2/c1-4-13-28(39(35,36)32-21-23-14-7-5-8-15-23)31(24-16-9-6-10-17-24)20-26(33)29(30(34)37-31)38-27-19-12-11-18-25(27)22(2)3/h5-12,14-19,22,28,32-33H,4,13,20-21H2,1-3H3. The lowest BCUT2D eigenvalue weighted by Gasteiger charge is -2.42. The summed E-state index contributed by atoms with van der Waals surface area (Å²) in [6.45, 7) is 6.13. The third-order valence-corrected chi connectivity index (χ3v) is 10.0. The van der Waals surface area contributed by atoms with Gasteiger partial charge in [-0.25, -0.2) is 17.9 Å². The molecule has 0 aliphatic carbocycles. The molecule has 0 bridgehead atoms. The molecule has 0 saturated heterocycles. The molecule has 0 fully saturated rings. The molecule has 1 aliphatic heterocycles. The molecule has 0 aromatic heterocycles. The van der Waals surface area contributed by atoms with Gasteiger partial charge < -0.3 is 9.84 Å². The van der Waals surface area contributed by atoms with Crippen LogP contribution in [0.25, 0.3) is 0 Å². The van der Waals surface area contributed by atoms with E-state index in [0.717, 1.165) is 27.8 Å². The van der Waals surface area contributed by atoms with Gasteiger partial charge in [0.05, 0.1) is 6.42 Å². The van der Waals surface area contributed by atoms with Crippen LogP contribution in [-0.4, -0.2) is 24.7 Å². The van der Waals surface area contributed by atoms with Gasteiger partial charge in [-0.15, -0.1) is 0 Å². The number of thioether (sulfide) groups is 1. The summed E-state index contributed by atoms with van der Waals surface area (Å²) in [5.74, 6) is -0.683. The molecule has 2 unspecified atom stereocenters. The van der Waals surface area contributed by atoms with Crippen LogP contribution in [0.1, 0.15) is 62.6 Å². The van der Waals surface area contributed by atoms with E-state index < -0.39 is 26.8 Å². The van der Waals surface area contributed by atoms with E-state index in [0.29, 0.717) is 12.0 Å². The van der Waals surface area contributed by atoms with Gasteiger partial charge in [-0.05, 0) is 35.1 Å². The summed E-state index contributed by atoms with van der Waals surface area (Å²) < 4.78 is 36.6.